The SMILES string of the molecule is Cc1ccc(S(=O)(=O)/C=C/C2CCCCCCC2)cc1. The molecule has 0 N–H and O–H groups in total. The molecule has 0 aliphatic heterocycles. The van der Waals surface area contributed by atoms with E-state index in [1.54, 1.807) is 12.1 Å². The van der Waals surface area contributed by atoms with E-state index < -0.39 is 9.84 Å². The van der Waals surface area contributed by atoms with Crippen LogP contribution in [-0.2, 0) is 9.84 Å². The molecule has 0 heterocycles. The number of allylic oxidation sites excluding steroid dienone is 1. The molecule has 0 aromatic heterocycles. The molecular weight excluding hydrogens is 268 g/mol. The van der Waals surface area contributed by atoms with Crippen molar-refractivity contribution in [2.45, 2.75) is 56.8 Å². The van der Waals surface area contributed by atoms with Crippen molar-refractivity contribution in [1.29, 1.82) is 0 Å². The van der Waals surface area contributed by atoms with E-state index in [1.165, 1.54) is 37.5 Å². The topological polar surface area (TPSA) is 34.1 Å². The lowest BCUT2D eigenvalue weighted by atomic mass is 9.91. The first-order valence-corrected chi connectivity index (χ1v) is 9.12. The van der Waals surface area contributed by atoms with Gasteiger partial charge in [-0.15, -0.1) is 0 Å². The highest BCUT2D eigenvalue weighted by Crippen LogP contribution is 2.24. The Bertz CT molecular complexity index is 533. The van der Waals surface area contributed by atoms with Crippen molar-refractivity contribution >= 4 is 9.84 Å². The van der Waals surface area contributed by atoms with E-state index in [2.05, 4.69) is 0 Å². The number of hydrogen-bond donors (Lipinski definition) is 0. The van der Waals surface area contributed by atoms with Gasteiger partial charge >= 0.3 is 0 Å². The highest BCUT2D eigenvalue weighted by atomic mass is 32.2. The molecule has 110 valence electrons. The Kier molecular flexibility index (Phi) is 5.41. The first-order valence-electron chi connectivity index (χ1n) is 7.58. The van der Waals surface area contributed by atoms with Crippen molar-refractivity contribution in [1.82, 2.24) is 0 Å². The molecule has 1 saturated carbocycles. The maximum absolute atomic E-state index is 12.3. The number of aryl methyl sites for hydroxylation is 1. The molecule has 1 fully saturated rings. The van der Waals surface area contributed by atoms with E-state index in [0.29, 0.717) is 10.8 Å². The minimum atomic E-state index is -3.28. The van der Waals surface area contributed by atoms with Crippen molar-refractivity contribution in [3.05, 3.63) is 41.3 Å². The molecule has 1 aromatic rings. The van der Waals surface area contributed by atoms with Gasteiger partial charge in [0, 0.05) is 5.41 Å². The summed E-state index contributed by atoms with van der Waals surface area (Å²) < 4.78 is 24.5. The summed E-state index contributed by atoms with van der Waals surface area (Å²) in [5.74, 6) is 0.426. The molecule has 1 aromatic carbocycles. The van der Waals surface area contributed by atoms with Crippen LogP contribution in [0.3, 0.4) is 0 Å². The van der Waals surface area contributed by atoms with E-state index in [4.69, 9.17) is 0 Å². The second kappa shape index (κ2) is 7.07. The van der Waals surface area contributed by atoms with Crippen LogP contribution in [0.5, 0.6) is 0 Å². The van der Waals surface area contributed by atoms with Crippen LogP contribution in [0.4, 0.5) is 0 Å². The summed E-state index contributed by atoms with van der Waals surface area (Å²) in [6, 6.07) is 7.06. The summed E-state index contributed by atoms with van der Waals surface area (Å²) in [6.45, 7) is 1.96. The van der Waals surface area contributed by atoms with Gasteiger partial charge in [-0.05, 0) is 37.8 Å². The molecule has 1 aliphatic carbocycles. The molecule has 1 aliphatic rings. The summed E-state index contributed by atoms with van der Waals surface area (Å²) >= 11 is 0. The molecule has 0 unspecified atom stereocenters. The summed E-state index contributed by atoms with van der Waals surface area (Å²) in [6.07, 6.45) is 10.5. The van der Waals surface area contributed by atoms with Gasteiger partial charge in [-0.3, -0.25) is 0 Å². The van der Waals surface area contributed by atoms with Crippen LogP contribution in [0.25, 0.3) is 0 Å². The van der Waals surface area contributed by atoms with E-state index in [1.807, 2.05) is 25.1 Å². The van der Waals surface area contributed by atoms with Crippen LogP contribution in [0.2, 0.25) is 0 Å². The standard InChI is InChI=1S/C17H24O2S/c1-15-9-11-17(12-10-15)20(18,19)14-13-16-7-5-3-2-4-6-8-16/h9-14,16H,2-8H2,1H3/b14-13+. The third-order valence-corrected chi connectivity index (χ3v) is 5.47. The number of rotatable bonds is 3. The van der Waals surface area contributed by atoms with Crippen LogP contribution in [0.1, 0.15) is 50.5 Å². The summed E-state index contributed by atoms with van der Waals surface area (Å²) in [4.78, 5) is 0.394. The Labute approximate surface area is 122 Å². The minimum Gasteiger partial charge on any atom is -0.219 e. The summed E-state index contributed by atoms with van der Waals surface area (Å²) in [5.41, 5.74) is 1.08. The van der Waals surface area contributed by atoms with Gasteiger partial charge in [0.15, 0.2) is 9.84 Å². The van der Waals surface area contributed by atoms with Crippen LogP contribution in [-0.4, -0.2) is 8.42 Å². The molecule has 0 bridgehead atoms. The van der Waals surface area contributed by atoms with E-state index in [9.17, 15) is 8.42 Å². The zero-order chi connectivity index (χ0) is 14.4. The second-order valence-electron chi connectivity index (χ2n) is 5.79. The molecule has 0 radical (unpaired) electrons. The lowest BCUT2D eigenvalue weighted by Gasteiger charge is -2.15. The third kappa shape index (κ3) is 4.48. The first-order chi connectivity index (χ1) is 9.58. The molecule has 2 nitrogen and oxygen atoms in total. The number of hydrogen-bond acceptors (Lipinski definition) is 2. The van der Waals surface area contributed by atoms with Crippen molar-refractivity contribution in [3.8, 4) is 0 Å². The molecule has 0 saturated heterocycles. The van der Waals surface area contributed by atoms with Crippen molar-refractivity contribution in [2.75, 3.05) is 0 Å². The number of benzene rings is 1. The molecule has 3 heteroatoms. The smallest absolute Gasteiger partial charge is 0.199 e. The molecule has 0 amide bonds. The van der Waals surface area contributed by atoms with Crippen molar-refractivity contribution in [3.63, 3.8) is 0 Å². The van der Waals surface area contributed by atoms with Gasteiger partial charge in [-0.1, -0.05) is 55.9 Å². The first kappa shape index (κ1) is 15.3. The van der Waals surface area contributed by atoms with Crippen molar-refractivity contribution in [2.24, 2.45) is 5.92 Å². The minimum absolute atomic E-state index is 0.394. The molecule has 0 atom stereocenters. The Hall–Kier alpha value is -1.09. The fourth-order valence-corrected chi connectivity index (χ4v) is 3.80. The van der Waals surface area contributed by atoms with E-state index >= 15 is 0 Å². The van der Waals surface area contributed by atoms with E-state index in [-0.39, 0.29) is 0 Å². The lowest BCUT2D eigenvalue weighted by molar-refractivity contribution is 0.435. The van der Waals surface area contributed by atoms with Gasteiger partial charge in [0.1, 0.15) is 0 Å². The van der Waals surface area contributed by atoms with Crippen molar-refractivity contribution < 1.29 is 8.42 Å². The summed E-state index contributed by atoms with van der Waals surface area (Å²) in [5, 5.41) is 1.42. The average Bonchev–Trinajstić information content (AvgIpc) is 2.38. The van der Waals surface area contributed by atoms with Crippen LogP contribution in [0, 0.1) is 12.8 Å². The van der Waals surface area contributed by atoms with Gasteiger partial charge in [0.25, 0.3) is 0 Å². The van der Waals surface area contributed by atoms with Crippen LogP contribution >= 0.6 is 0 Å². The summed E-state index contributed by atoms with van der Waals surface area (Å²) in [7, 11) is -3.28. The normalized spacial score (nSPS) is 18.9. The molecule has 2 rings (SSSR count). The quantitative estimate of drug-likeness (QED) is 0.813. The predicted octanol–water partition coefficient (Wildman–Crippen LogP) is 4.64. The van der Waals surface area contributed by atoms with Gasteiger partial charge in [-0.2, -0.15) is 0 Å². The molecule has 20 heavy (non-hydrogen) atoms. The Morgan fingerprint density at radius 2 is 1.50 bits per heavy atom. The van der Waals surface area contributed by atoms with Gasteiger partial charge < -0.3 is 0 Å². The maximum Gasteiger partial charge on any atom is 0.199 e. The highest BCUT2D eigenvalue weighted by Gasteiger charge is 2.13. The lowest BCUT2D eigenvalue weighted by Crippen LogP contribution is -2.02. The molecule has 0 spiro atoms. The largest absolute Gasteiger partial charge is 0.219 e. The predicted molar refractivity (Wildman–Crippen MR) is 83.3 cm³/mol. The van der Waals surface area contributed by atoms with Gasteiger partial charge in [0.05, 0.1) is 4.90 Å². The monoisotopic (exact) mass is 292 g/mol. The fourth-order valence-electron chi connectivity index (χ4n) is 2.70. The zero-order valence-corrected chi connectivity index (χ0v) is 13.0. The maximum atomic E-state index is 12.3. The van der Waals surface area contributed by atoms with Crippen LogP contribution in [0.15, 0.2) is 40.6 Å². The van der Waals surface area contributed by atoms with Gasteiger partial charge in [-0.25, -0.2) is 8.42 Å². The fraction of sp³-hybridized carbons (Fsp3) is 0.529. The Morgan fingerprint density at radius 3 is 2.10 bits per heavy atom. The Morgan fingerprint density at radius 1 is 0.950 bits per heavy atom. The highest BCUT2D eigenvalue weighted by molar-refractivity contribution is 7.94. The zero-order valence-electron chi connectivity index (χ0n) is 12.2. The second-order valence-corrected chi connectivity index (χ2v) is 7.63. The third-order valence-electron chi connectivity index (χ3n) is 4.03. The average molecular weight is 292 g/mol. The molecular formula is C17H24O2S. The van der Waals surface area contributed by atoms with Crippen LogP contribution < -0.4 is 0 Å². The van der Waals surface area contributed by atoms with E-state index in [0.717, 1.165) is 18.4 Å². The van der Waals surface area contributed by atoms with Gasteiger partial charge in [0.2, 0.25) is 0 Å². The number of sulfone groups is 1. The Balaban J connectivity index is 2.06.